The molecule has 3 N–H and O–H groups in total. The first-order chi connectivity index (χ1) is 10.8. The molecule has 0 saturated carbocycles. The van der Waals surface area contributed by atoms with E-state index in [2.05, 4.69) is 5.32 Å². The first-order valence-corrected chi connectivity index (χ1v) is 8.63. The fraction of sp³-hybridized carbons (Fsp3) is 0.357. The SMILES string of the molecule is NC(=O)CCNC(=O)CN1C(=O)CCS(=O)(=O)c2ccccc21. The van der Waals surface area contributed by atoms with E-state index in [9.17, 15) is 22.8 Å². The zero-order valence-corrected chi connectivity index (χ0v) is 13.1. The summed E-state index contributed by atoms with van der Waals surface area (Å²) in [7, 11) is -3.56. The number of fused-ring (bicyclic) bond motifs is 1. The van der Waals surface area contributed by atoms with Crippen molar-refractivity contribution in [3.8, 4) is 0 Å². The first kappa shape index (κ1) is 16.9. The molecular formula is C14H17N3O5S. The predicted octanol–water partition coefficient (Wildman–Crippen LogP) is -0.811. The molecule has 8 nitrogen and oxygen atoms in total. The maximum atomic E-state index is 12.2. The normalized spacial score (nSPS) is 16.3. The van der Waals surface area contributed by atoms with Gasteiger partial charge in [0.15, 0.2) is 9.84 Å². The zero-order valence-electron chi connectivity index (χ0n) is 12.3. The number of amides is 3. The summed E-state index contributed by atoms with van der Waals surface area (Å²) in [5.74, 6) is -1.77. The average molecular weight is 339 g/mol. The van der Waals surface area contributed by atoms with Crippen molar-refractivity contribution < 1.29 is 22.8 Å². The molecule has 0 spiro atoms. The third-order valence-electron chi connectivity index (χ3n) is 3.37. The molecule has 1 aromatic rings. The molecular weight excluding hydrogens is 322 g/mol. The lowest BCUT2D eigenvalue weighted by molar-refractivity contribution is -0.124. The molecule has 0 fully saturated rings. The van der Waals surface area contributed by atoms with E-state index >= 15 is 0 Å². The highest BCUT2D eigenvalue weighted by atomic mass is 32.2. The third-order valence-corrected chi connectivity index (χ3v) is 5.13. The number of anilines is 1. The van der Waals surface area contributed by atoms with Gasteiger partial charge in [-0.2, -0.15) is 0 Å². The molecule has 0 aliphatic carbocycles. The molecule has 0 aromatic heterocycles. The van der Waals surface area contributed by atoms with Crippen LogP contribution >= 0.6 is 0 Å². The van der Waals surface area contributed by atoms with E-state index in [4.69, 9.17) is 5.73 Å². The Kier molecular flexibility index (Phi) is 4.99. The fourth-order valence-electron chi connectivity index (χ4n) is 2.24. The summed E-state index contributed by atoms with van der Waals surface area (Å²) in [5, 5.41) is 2.47. The van der Waals surface area contributed by atoms with E-state index in [0.29, 0.717) is 0 Å². The van der Waals surface area contributed by atoms with E-state index in [1.165, 1.54) is 12.1 Å². The Morgan fingerprint density at radius 3 is 2.65 bits per heavy atom. The van der Waals surface area contributed by atoms with Crippen LogP contribution in [0.1, 0.15) is 12.8 Å². The molecule has 1 heterocycles. The van der Waals surface area contributed by atoms with Gasteiger partial charge >= 0.3 is 0 Å². The number of rotatable bonds is 5. The van der Waals surface area contributed by atoms with Crippen molar-refractivity contribution in [2.24, 2.45) is 5.73 Å². The maximum absolute atomic E-state index is 12.2. The molecule has 124 valence electrons. The van der Waals surface area contributed by atoms with Gasteiger partial charge in [-0.1, -0.05) is 12.1 Å². The van der Waals surface area contributed by atoms with Crippen molar-refractivity contribution in [3.05, 3.63) is 24.3 Å². The minimum Gasteiger partial charge on any atom is -0.370 e. The Bertz CT molecular complexity index is 745. The van der Waals surface area contributed by atoms with Crippen LogP contribution in [0, 0.1) is 0 Å². The smallest absolute Gasteiger partial charge is 0.240 e. The van der Waals surface area contributed by atoms with Crippen LogP contribution in [0.25, 0.3) is 0 Å². The fourth-order valence-corrected chi connectivity index (χ4v) is 3.69. The van der Waals surface area contributed by atoms with Gasteiger partial charge in [-0.25, -0.2) is 8.42 Å². The standard InChI is InChI=1S/C14H17N3O5S/c15-12(18)5-7-16-13(19)9-17-10-3-1-2-4-11(10)23(21,22)8-6-14(17)20/h1-4H,5-9H2,(H2,15,18)(H,16,19). The second-order valence-electron chi connectivity index (χ2n) is 5.08. The second-order valence-corrected chi connectivity index (χ2v) is 7.16. The van der Waals surface area contributed by atoms with Crippen LogP contribution in [-0.4, -0.2) is 45.0 Å². The van der Waals surface area contributed by atoms with Gasteiger partial charge in [0.1, 0.15) is 6.54 Å². The van der Waals surface area contributed by atoms with Crippen LogP contribution in [0.2, 0.25) is 0 Å². The van der Waals surface area contributed by atoms with Crippen molar-refractivity contribution >= 4 is 33.2 Å². The molecule has 9 heteroatoms. The minimum absolute atomic E-state index is 0.00927. The Morgan fingerprint density at radius 2 is 1.96 bits per heavy atom. The molecule has 2 rings (SSSR count). The van der Waals surface area contributed by atoms with E-state index in [-0.39, 0.29) is 42.3 Å². The number of nitrogens with one attached hydrogen (secondary N) is 1. The van der Waals surface area contributed by atoms with Crippen LogP contribution in [-0.2, 0) is 24.2 Å². The summed E-state index contributed by atoms with van der Waals surface area (Å²) >= 11 is 0. The molecule has 1 aliphatic heterocycles. The van der Waals surface area contributed by atoms with E-state index < -0.39 is 27.6 Å². The number of nitrogens with two attached hydrogens (primary N) is 1. The number of primary amides is 1. The van der Waals surface area contributed by atoms with Crippen LogP contribution in [0.4, 0.5) is 5.69 Å². The zero-order chi connectivity index (χ0) is 17.0. The summed E-state index contributed by atoms with van der Waals surface area (Å²) < 4.78 is 24.4. The molecule has 0 radical (unpaired) electrons. The van der Waals surface area contributed by atoms with Crippen molar-refractivity contribution in [3.63, 3.8) is 0 Å². The lowest BCUT2D eigenvalue weighted by Gasteiger charge is -2.21. The van der Waals surface area contributed by atoms with E-state index in [1.807, 2.05) is 0 Å². The molecule has 0 atom stereocenters. The summed E-state index contributed by atoms with van der Waals surface area (Å²) in [6.45, 7) is -0.250. The van der Waals surface area contributed by atoms with Crippen LogP contribution in [0.3, 0.4) is 0 Å². The van der Waals surface area contributed by atoms with Gasteiger partial charge in [-0.15, -0.1) is 0 Å². The lowest BCUT2D eigenvalue weighted by Crippen LogP contribution is -2.41. The number of para-hydroxylation sites is 1. The van der Waals surface area contributed by atoms with Crippen molar-refractivity contribution in [1.82, 2.24) is 5.32 Å². The van der Waals surface area contributed by atoms with Gasteiger partial charge in [-0.3, -0.25) is 14.4 Å². The van der Waals surface area contributed by atoms with Gasteiger partial charge in [0.05, 0.1) is 16.3 Å². The second kappa shape index (κ2) is 6.78. The Morgan fingerprint density at radius 1 is 1.26 bits per heavy atom. The Balaban J connectivity index is 2.21. The van der Waals surface area contributed by atoms with Crippen molar-refractivity contribution in [1.29, 1.82) is 0 Å². The number of benzene rings is 1. The summed E-state index contributed by atoms with van der Waals surface area (Å²) in [6.07, 6.45) is -0.198. The first-order valence-electron chi connectivity index (χ1n) is 6.98. The average Bonchev–Trinajstić information content (AvgIpc) is 2.58. The monoisotopic (exact) mass is 339 g/mol. The highest BCUT2D eigenvalue weighted by molar-refractivity contribution is 7.91. The number of sulfone groups is 1. The molecule has 1 aromatic carbocycles. The summed E-state index contributed by atoms with van der Waals surface area (Å²) in [5.41, 5.74) is 5.17. The lowest BCUT2D eigenvalue weighted by atomic mass is 10.2. The molecule has 1 aliphatic rings. The topological polar surface area (TPSA) is 127 Å². The number of hydrogen-bond donors (Lipinski definition) is 2. The van der Waals surface area contributed by atoms with Crippen molar-refractivity contribution in [2.75, 3.05) is 23.7 Å². The molecule has 0 saturated heterocycles. The quantitative estimate of drug-likeness (QED) is 0.725. The highest BCUT2D eigenvalue weighted by Gasteiger charge is 2.31. The predicted molar refractivity (Wildman–Crippen MR) is 82.3 cm³/mol. The van der Waals surface area contributed by atoms with Gasteiger partial charge in [0, 0.05) is 19.4 Å². The highest BCUT2D eigenvalue weighted by Crippen LogP contribution is 2.29. The van der Waals surface area contributed by atoms with E-state index in [0.717, 1.165) is 4.90 Å². The molecule has 3 amide bonds. The van der Waals surface area contributed by atoms with Gasteiger partial charge in [0.2, 0.25) is 17.7 Å². The van der Waals surface area contributed by atoms with Crippen LogP contribution in [0.15, 0.2) is 29.2 Å². The van der Waals surface area contributed by atoms with Crippen LogP contribution in [0.5, 0.6) is 0 Å². The molecule has 0 unspecified atom stereocenters. The molecule has 0 bridgehead atoms. The largest absolute Gasteiger partial charge is 0.370 e. The summed E-state index contributed by atoms with van der Waals surface area (Å²) in [6, 6.07) is 6.08. The number of carbonyl (C=O) groups excluding carboxylic acids is 3. The number of hydrogen-bond acceptors (Lipinski definition) is 5. The van der Waals surface area contributed by atoms with Gasteiger partial charge in [0.25, 0.3) is 0 Å². The van der Waals surface area contributed by atoms with E-state index in [1.54, 1.807) is 12.1 Å². The van der Waals surface area contributed by atoms with Crippen LogP contribution < -0.4 is 16.0 Å². The number of carbonyl (C=O) groups is 3. The number of nitrogens with zero attached hydrogens (tertiary/aromatic N) is 1. The van der Waals surface area contributed by atoms with Gasteiger partial charge in [-0.05, 0) is 12.1 Å². The maximum Gasteiger partial charge on any atom is 0.240 e. The Labute approximate surface area is 133 Å². The third kappa shape index (κ3) is 4.07. The van der Waals surface area contributed by atoms with Crippen molar-refractivity contribution in [2.45, 2.75) is 17.7 Å². The van der Waals surface area contributed by atoms with Gasteiger partial charge < -0.3 is 16.0 Å². The minimum atomic E-state index is -3.56. The summed E-state index contributed by atoms with van der Waals surface area (Å²) in [4.78, 5) is 35.9. The Hall–Kier alpha value is -2.42. The molecule has 23 heavy (non-hydrogen) atoms.